The largest absolute Gasteiger partial charge is 0.329 e. The van der Waals surface area contributed by atoms with E-state index in [-0.39, 0.29) is 12.3 Å². The van der Waals surface area contributed by atoms with Gasteiger partial charge in [0.1, 0.15) is 0 Å². The Morgan fingerprint density at radius 2 is 2.12 bits per heavy atom. The molecule has 0 aliphatic heterocycles. The number of nitrogens with one attached hydrogen (secondary N) is 1. The van der Waals surface area contributed by atoms with E-state index in [2.05, 4.69) is 0 Å². The van der Waals surface area contributed by atoms with E-state index in [0.29, 0.717) is 10.3 Å². The predicted molar refractivity (Wildman–Crippen MR) is 59.8 cm³/mol. The highest BCUT2D eigenvalue weighted by Gasteiger charge is 2.12. The molecule has 0 aromatic carbocycles. The van der Waals surface area contributed by atoms with Gasteiger partial charge in [-0.2, -0.15) is 4.39 Å². The van der Waals surface area contributed by atoms with Crippen molar-refractivity contribution in [3.63, 3.8) is 0 Å². The van der Waals surface area contributed by atoms with Crippen LogP contribution < -0.4 is 11.2 Å². The summed E-state index contributed by atoms with van der Waals surface area (Å²) in [4.78, 5) is 24.6. The van der Waals surface area contributed by atoms with Crippen LogP contribution in [0.5, 0.6) is 0 Å². The van der Waals surface area contributed by atoms with Gasteiger partial charge < -0.3 is 0 Å². The lowest BCUT2D eigenvalue weighted by atomic mass is 10.5. The minimum absolute atomic E-state index is 0.0945. The zero-order valence-corrected chi connectivity index (χ0v) is 10.0. The average Bonchev–Trinajstić information content (AvgIpc) is 2.25. The van der Waals surface area contributed by atoms with Gasteiger partial charge in [0.05, 0.1) is 0 Å². The minimum atomic E-state index is -1.21. The van der Waals surface area contributed by atoms with Crippen molar-refractivity contribution in [3.8, 4) is 0 Å². The second-order valence-electron chi connectivity index (χ2n) is 2.95. The summed E-state index contributed by atoms with van der Waals surface area (Å²) in [6.45, 7) is 1.62. The van der Waals surface area contributed by atoms with E-state index in [0.717, 1.165) is 0 Å². The second-order valence-corrected chi connectivity index (χ2v) is 5.19. The number of halogens is 2. The summed E-state index contributed by atoms with van der Waals surface area (Å²) in [6, 6.07) is 0. The molecule has 8 heteroatoms. The Labute approximate surface area is 97.7 Å². The van der Waals surface area contributed by atoms with Crippen molar-refractivity contribution in [2.24, 2.45) is 0 Å². The third kappa shape index (κ3) is 2.79. The molecule has 90 valence electrons. The first-order valence-electron chi connectivity index (χ1n) is 4.50. The third-order valence-electron chi connectivity index (χ3n) is 1.95. The molecule has 1 rings (SSSR count). The molecular weight excluding hydrogens is 259 g/mol. The third-order valence-corrected chi connectivity index (χ3v) is 3.49. The van der Waals surface area contributed by atoms with E-state index in [1.54, 1.807) is 6.92 Å². The van der Waals surface area contributed by atoms with Gasteiger partial charge in [-0.25, -0.2) is 4.79 Å². The van der Waals surface area contributed by atoms with Crippen LogP contribution >= 0.6 is 11.6 Å². The van der Waals surface area contributed by atoms with Crippen LogP contribution in [0.25, 0.3) is 0 Å². The molecule has 16 heavy (non-hydrogen) atoms. The molecule has 0 bridgehead atoms. The summed E-state index contributed by atoms with van der Waals surface area (Å²) < 4.78 is 24.8. The van der Waals surface area contributed by atoms with Crippen LogP contribution in [0.15, 0.2) is 9.59 Å². The van der Waals surface area contributed by atoms with Gasteiger partial charge >= 0.3 is 5.69 Å². The molecule has 1 aromatic rings. The summed E-state index contributed by atoms with van der Waals surface area (Å²) in [5.41, 5.74) is -1.90. The van der Waals surface area contributed by atoms with Gasteiger partial charge in [0.2, 0.25) is 5.82 Å². The Bertz CT molecular complexity index is 525. The Kier molecular flexibility index (Phi) is 4.43. The molecule has 0 saturated heterocycles. The maximum absolute atomic E-state index is 13.1. The first kappa shape index (κ1) is 13.1. The number of aromatic amines is 1. The van der Waals surface area contributed by atoms with E-state index >= 15 is 0 Å². The van der Waals surface area contributed by atoms with E-state index < -0.39 is 33.0 Å². The zero-order valence-electron chi connectivity index (χ0n) is 8.46. The minimum Gasteiger partial charge on any atom is -0.295 e. The van der Waals surface area contributed by atoms with Crippen molar-refractivity contribution in [2.75, 3.05) is 11.5 Å². The van der Waals surface area contributed by atoms with E-state index in [4.69, 9.17) is 11.6 Å². The lowest BCUT2D eigenvalue weighted by Crippen LogP contribution is -2.38. The van der Waals surface area contributed by atoms with Gasteiger partial charge in [-0.3, -0.25) is 18.6 Å². The van der Waals surface area contributed by atoms with E-state index in [9.17, 15) is 18.2 Å². The molecular formula is C8H10ClFN2O3S. The second kappa shape index (κ2) is 5.40. The van der Waals surface area contributed by atoms with Crippen LogP contribution in [-0.2, 0) is 17.3 Å². The maximum atomic E-state index is 13.1. The van der Waals surface area contributed by atoms with Gasteiger partial charge in [-0.15, -0.1) is 0 Å². The molecule has 1 N–H and O–H groups in total. The highest BCUT2D eigenvalue weighted by atomic mass is 35.5. The first-order chi connectivity index (χ1) is 7.47. The number of aromatic nitrogens is 2. The van der Waals surface area contributed by atoms with Crippen molar-refractivity contribution in [1.29, 1.82) is 0 Å². The van der Waals surface area contributed by atoms with Crippen LogP contribution in [0.1, 0.15) is 6.92 Å². The number of H-pyrrole nitrogens is 1. The molecule has 0 aliphatic carbocycles. The van der Waals surface area contributed by atoms with Crippen LogP contribution in [0.2, 0.25) is 5.15 Å². The summed E-state index contributed by atoms with van der Waals surface area (Å²) in [5.74, 6) is -0.660. The smallest absolute Gasteiger partial charge is 0.295 e. The number of rotatable bonds is 4. The zero-order chi connectivity index (χ0) is 12.3. The fraction of sp³-hybridized carbons (Fsp3) is 0.500. The Balaban J connectivity index is 3.06. The Hall–Kier alpha value is -0.950. The Morgan fingerprint density at radius 1 is 1.50 bits per heavy atom. The molecule has 0 amide bonds. The monoisotopic (exact) mass is 268 g/mol. The fourth-order valence-electron chi connectivity index (χ4n) is 1.06. The number of nitrogens with zero attached hydrogens (tertiary/aromatic N) is 1. The lowest BCUT2D eigenvalue weighted by molar-refractivity contribution is 0.551. The summed E-state index contributed by atoms with van der Waals surface area (Å²) in [5, 5.41) is -0.608. The maximum Gasteiger partial charge on any atom is 0.329 e. The van der Waals surface area contributed by atoms with Crippen molar-refractivity contribution in [3.05, 3.63) is 31.8 Å². The topological polar surface area (TPSA) is 71.9 Å². The van der Waals surface area contributed by atoms with Crippen LogP contribution in [0.4, 0.5) is 4.39 Å². The molecule has 0 fully saturated rings. The van der Waals surface area contributed by atoms with Gasteiger partial charge in [-0.05, 0) is 0 Å². The van der Waals surface area contributed by atoms with Crippen LogP contribution in [-0.4, -0.2) is 25.3 Å². The van der Waals surface area contributed by atoms with Crippen molar-refractivity contribution >= 4 is 22.4 Å². The Morgan fingerprint density at radius 3 is 2.69 bits per heavy atom. The fourth-order valence-corrected chi connectivity index (χ4v) is 1.90. The molecule has 5 nitrogen and oxygen atoms in total. The van der Waals surface area contributed by atoms with Crippen LogP contribution in [0.3, 0.4) is 0 Å². The molecule has 1 atom stereocenters. The predicted octanol–water partition coefficient (Wildman–Crippen LogP) is 0.0977. The van der Waals surface area contributed by atoms with Crippen molar-refractivity contribution in [1.82, 2.24) is 9.55 Å². The molecule has 1 heterocycles. The number of hydrogen-bond acceptors (Lipinski definition) is 3. The van der Waals surface area contributed by atoms with E-state index in [1.807, 2.05) is 4.98 Å². The summed E-state index contributed by atoms with van der Waals surface area (Å²) in [6.07, 6.45) is 0. The van der Waals surface area contributed by atoms with Gasteiger partial charge in [0, 0.05) is 28.9 Å². The van der Waals surface area contributed by atoms with Gasteiger partial charge in [0.15, 0.2) is 5.15 Å². The highest BCUT2D eigenvalue weighted by molar-refractivity contribution is 7.84. The standard InChI is InChI=1S/C8H10ClFN2O3S/c1-2-16(15)4-3-12-7(13)5(10)6(9)11-8(12)14/h2-4H2,1H3,(H,11,14). The van der Waals surface area contributed by atoms with Crippen molar-refractivity contribution in [2.45, 2.75) is 13.5 Å². The average molecular weight is 269 g/mol. The van der Waals surface area contributed by atoms with Crippen molar-refractivity contribution < 1.29 is 8.60 Å². The quantitative estimate of drug-likeness (QED) is 0.787. The number of hydrogen-bond donors (Lipinski definition) is 1. The SMILES string of the molecule is CCS(=O)CCn1c(=O)[nH]c(Cl)c(F)c1=O. The molecule has 0 aliphatic rings. The molecule has 0 spiro atoms. The molecule has 1 aromatic heterocycles. The first-order valence-corrected chi connectivity index (χ1v) is 6.37. The molecule has 1 unspecified atom stereocenters. The molecule has 0 radical (unpaired) electrons. The normalized spacial score (nSPS) is 12.7. The van der Waals surface area contributed by atoms with E-state index in [1.165, 1.54) is 0 Å². The van der Waals surface area contributed by atoms with Gasteiger partial charge in [0.25, 0.3) is 5.56 Å². The molecule has 0 saturated carbocycles. The highest BCUT2D eigenvalue weighted by Crippen LogP contribution is 2.02. The van der Waals surface area contributed by atoms with Crippen LogP contribution in [0, 0.1) is 5.82 Å². The summed E-state index contributed by atoms with van der Waals surface area (Å²) >= 11 is 5.28. The summed E-state index contributed by atoms with van der Waals surface area (Å²) in [7, 11) is -1.12. The van der Waals surface area contributed by atoms with Gasteiger partial charge in [-0.1, -0.05) is 18.5 Å². The lowest BCUT2D eigenvalue weighted by Gasteiger charge is -2.04.